The molecule has 0 bridgehead atoms. The Morgan fingerprint density at radius 3 is 2.39 bits per heavy atom. The highest BCUT2D eigenvalue weighted by atomic mass is 16.5. The molecule has 0 aliphatic carbocycles. The molecular weight excluding hydrogens is 228 g/mol. The third-order valence-corrected chi connectivity index (χ3v) is 2.93. The van der Waals surface area contributed by atoms with E-state index in [0.29, 0.717) is 5.56 Å². The molecular formula is C14H20N2O2. The maximum absolute atomic E-state index is 11.8. The molecule has 1 aliphatic rings. The molecule has 1 saturated heterocycles. The Hall–Kier alpha value is -1.55. The number of carbonyl (C=O) groups excluding carboxylic acids is 1. The van der Waals surface area contributed by atoms with Gasteiger partial charge < -0.3 is 15.0 Å². The number of carbonyl (C=O) groups is 1. The maximum atomic E-state index is 11.8. The van der Waals surface area contributed by atoms with Gasteiger partial charge in [0.05, 0.1) is 13.2 Å². The van der Waals surface area contributed by atoms with E-state index >= 15 is 0 Å². The first-order valence-electron chi connectivity index (χ1n) is 6.40. The molecule has 0 saturated carbocycles. The molecule has 0 atom stereocenters. The van der Waals surface area contributed by atoms with Gasteiger partial charge in [-0.3, -0.25) is 4.79 Å². The van der Waals surface area contributed by atoms with Crippen LogP contribution in [0.1, 0.15) is 24.2 Å². The molecule has 4 heteroatoms. The highest BCUT2D eigenvalue weighted by molar-refractivity contribution is 5.94. The lowest BCUT2D eigenvalue weighted by Gasteiger charge is -2.28. The van der Waals surface area contributed by atoms with Crippen molar-refractivity contribution in [1.82, 2.24) is 5.32 Å². The van der Waals surface area contributed by atoms with Gasteiger partial charge in [-0.05, 0) is 38.1 Å². The first-order chi connectivity index (χ1) is 8.66. The molecule has 2 rings (SSSR count). The summed E-state index contributed by atoms with van der Waals surface area (Å²) in [5.41, 5.74) is 1.86. The molecule has 4 nitrogen and oxygen atoms in total. The van der Waals surface area contributed by atoms with E-state index in [2.05, 4.69) is 10.2 Å². The standard InChI is InChI=1S/C14H20N2O2/c1-11(2)15-14(17)12-3-5-13(6-4-12)16-7-9-18-10-8-16/h3-6,11H,7-10H2,1-2H3,(H,15,17). The van der Waals surface area contributed by atoms with Crippen molar-refractivity contribution in [1.29, 1.82) is 0 Å². The molecule has 1 aromatic carbocycles. The molecule has 18 heavy (non-hydrogen) atoms. The van der Waals surface area contributed by atoms with Crippen LogP contribution in [0.3, 0.4) is 0 Å². The quantitative estimate of drug-likeness (QED) is 0.884. The fourth-order valence-electron chi connectivity index (χ4n) is 1.99. The Morgan fingerprint density at radius 2 is 1.83 bits per heavy atom. The monoisotopic (exact) mass is 248 g/mol. The van der Waals surface area contributed by atoms with Crippen LogP contribution in [0.25, 0.3) is 0 Å². The van der Waals surface area contributed by atoms with Crippen molar-refractivity contribution >= 4 is 11.6 Å². The van der Waals surface area contributed by atoms with Gasteiger partial charge in [0, 0.05) is 30.4 Å². The van der Waals surface area contributed by atoms with E-state index in [9.17, 15) is 4.79 Å². The SMILES string of the molecule is CC(C)NC(=O)c1ccc(N2CCOCC2)cc1. The third kappa shape index (κ3) is 3.23. The van der Waals surface area contributed by atoms with Gasteiger partial charge in [0.25, 0.3) is 5.91 Å². The minimum Gasteiger partial charge on any atom is -0.378 e. The van der Waals surface area contributed by atoms with Crippen LogP contribution in [-0.4, -0.2) is 38.3 Å². The fraction of sp³-hybridized carbons (Fsp3) is 0.500. The molecule has 1 aliphatic heterocycles. The molecule has 0 unspecified atom stereocenters. The van der Waals surface area contributed by atoms with Gasteiger partial charge >= 0.3 is 0 Å². The lowest BCUT2D eigenvalue weighted by Crippen LogP contribution is -2.36. The lowest BCUT2D eigenvalue weighted by atomic mass is 10.1. The van der Waals surface area contributed by atoms with Crippen molar-refractivity contribution in [2.24, 2.45) is 0 Å². The average molecular weight is 248 g/mol. The van der Waals surface area contributed by atoms with E-state index in [1.165, 1.54) is 0 Å². The van der Waals surface area contributed by atoms with Crippen LogP contribution in [0.4, 0.5) is 5.69 Å². The number of anilines is 1. The summed E-state index contributed by atoms with van der Waals surface area (Å²) in [6.45, 7) is 7.29. The van der Waals surface area contributed by atoms with Crippen molar-refractivity contribution in [2.75, 3.05) is 31.2 Å². The van der Waals surface area contributed by atoms with Crippen LogP contribution in [0.15, 0.2) is 24.3 Å². The summed E-state index contributed by atoms with van der Waals surface area (Å²) in [4.78, 5) is 14.1. The zero-order valence-corrected chi connectivity index (χ0v) is 11.0. The Morgan fingerprint density at radius 1 is 1.22 bits per heavy atom. The van der Waals surface area contributed by atoms with Crippen LogP contribution >= 0.6 is 0 Å². The lowest BCUT2D eigenvalue weighted by molar-refractivity contribution is 0.0943. The smallest absolute Gasteiger partial charge is 0.251 e. The largest absolute Gasteiger partial charge is 0.378 e. The predicted octanol–water partition coefficient (Wildman–Crippen LogP) is 1.66. The number of hydrogen-bond donors (Lipinski definition) is 1. The number of rotatable bonds is 3. The summed E-state index contributed by atoms with van der Waals surface area (Å²) in [5, 5.41) is 2.89. The van der Waals surface area contributed by atoms with Gasteiger partial charge in [-0.2, -0.15) is 0 Å². The van der Waals surface area contributed by atoms with Crippen LogP contribution in [0, 0.1) is 0 Å². The molecule has 1 heterocycles. The normalized spacial score (nSPS) is 15.8. The second-order valence-corrected chi connectivity index (χ2v) is 4.77. The zero-order chi connectivity index (χ0) is 13.0. The van der Waals surface area contributed by atoms with Crippen molar-refractivity contribution in [3.63, 3.8) is 0 Å². The van der Waals surface area contributed by atoms with Gasteiger partial charge in [0.15, 0.2) is 0 Å². The molecule has 0 spiro atoms. The molecule has 1 N–H and O–H groups in total. The van der Waals surface area contributed by atoms with Gasteiger partial charge in [0.1, 0.15) is 0 Å². The number of nitrogens with one attached hydrogen (secondary N) is 1. The average Bonchev–Trinajstić information content (AvgIpc) is 2.39. The van der Waals surface area contributed by atoms with Crippen LogP contribution in [0.2, 0.25) is 0 Å². The Bertz CT molecular complexity index is 395. The van der Waals surface area contributed by atoms with Crippen LogP contribution < -0.4 is 10.2 Å². The van der Waals surface area contributed by atoms with E-state index in [1.807, 2.05) is 38.1 Å². The highest BCUT2D eigenvalue weighted by Gasteiger charge is 2.12. The third-order valence-electron chi connectivity index (χ3n) is 2.93. The highest BCUT2D eigenvalue weighted by Crippen LogP contribution is 2.16. The number of amides is 1. The van der Waals surface area contributed by atoms with E-state index in [0.717, 1.165) is 32.0 Å². The van der Waals surface area contributed by atoms with Crippen molar-refractivity contribution < 1.29 is 9.53 Å². The molecule has 0 aromatic heterocycles. The fourth-order valence-corrected chi connectivity index (χ4v) is 1.99. The van der Waals surface area contributed by atoms with Crippen LogP contribution in [0.5, 0.6) is 0 Å². The molecule has 1 amide bonds. The van der Waals surface area contributed by atoms with E-state index in [1.54, 1.807) is 0 Å². The number of ether oxygens (including phenoxy) is 1. The van der Waals surface area contributed by atoms with Gasteiger partial charge in [0.2, 0.25) is 0 Å². The molecule has 1 aromatic rings. The summed E-state index contributed by atoms with van der Waals surface area (Å²) < 4.78 is 5.32. The van der Waals surface area contributed by atoms with Crippen molar-refractivity contribution in [3.8, 4) is 0 Å². The zero-order valence-electron chi connectivity index (χ0n) is 11.0. The summed E-state index contributed by atoms with van der Waals surface area (Å²) in [6.07, 6.45) is 0. The number of morpholine rings is 1. The van der Waals surface area contributed by atoms with Gasteiger partial charge in [-0.1, -0.05) is 0 Å². The summed E-state index contributed by atoms with van der Waals surface area (Å²) >= 11 is 0. The summed E-state index contributed by atoms with van der Waals surface area (Å²) in [5.74, 6) is -0.0153. The Kier molecular flexibility index (Phi) is 4.20. The molecule has 98 valence electrons. The number of benzene rings is 1. The van der Waals surface area contributed by atoms with E-state index < -0.39 is 0 Å². The molecule has 1 fully saturated rings. The minimum absolute atomic E-state index is 0.0153. The summed E-state index contributed by atoms with van der Waals surface area (Å²) in [7, 11) is 0. The number of nitrogens with zero attached hydrogens (tertiary/aromatic N) is 1. The first kappa shape index (κ1) is 12.9. The molecule has 0 radical (unpaired) electrons. The first-order valence-corrected chi connectivity index (χ1v) is 6.40. The Labute approximate surface area is 108 Å². The van der Waals surface area contributed by atoms with E-state index in [4.69, 9.17) is 4.74 Å². The number of hydrogen-bond acceptors (Lipinski definition) is 3. The van der Waals surface area contributed by atoms with Gasteiger partial charge in [-0.25, -0.2) is 0 Å². The van der Waals surface area contributed by atoms with Crippen molar-refractivity contribution in [3.05, 3.63) is 29.8 Å². The second-order valence-electron chi connectivity index (χ2n) is 4.77. The van der Waals surface area contributed by atoms with Crippen molar-refractivity contribution in [2.45, 2.75) is 19.9 Å². The summed E-state index contributed by atoms with van der Waals surface area (Å²) in [6, 6.07) is 7.92. The predicted molar refractivity (Wildman–Crippen MR) is 72.1 cm³/mol. The maximum Gasteiger partial charge on any atom is 0.251 e. The van der Waals surface area contributed by atoms with Gasteiger partial charge in [-0.15, -0.1) is 0 Å². The van der Waals surface area contributed by atoms with Crippen LogP contribution in [-0.2, 0) is 4.74 Å². The topological polar surface area (TPSA) is 41.6 Å². The second kappa shape index (κ2) is 5.87. The van der Waals surface area contributed by atoms with E-state index in [-0.39, 0.29) is 11.9 Å². The Balaban J connectivity index is 2.02. The minimum atomic E-state index is -0.0153.